The number of nitrogens with zero attached hydrogens (tertiary/aromatic N) is 2. The van der Waals surface area contributed by atoms with Crippen molar-refractivity contribution in [2.45, 2.75) is 26.1 Å². The fourth-order valence-electron chi connectivity index (χ4n) is 2.47. The summed E-state index contributed by atoms with van der Waals surface area (Å²) in [7, 11) is 2.20. The van der Waals surface area contributed by atoms with Crippen molar-refractivity contribution in [2.75, 3.05) is 39.8 Å². The first-order valence-electron chi connectivity index (χ1n) is 7.58. The van der Waals surface area contributed by atoms with Crippen molar-refractivity contribution >= 4 is 0 Å². The van der Waals surface area contributed by atoms with E-state index in [2.05, 4.69) is 46.4 Å². The van der Waals surface area contributed by atoms with Crippen molar-refractivity contribution in [3.05, 3.63) is 35.4 Å². The summed E-state index contributed by atoms with van der Waals surface area (Å²) in [5, 5.41) is 3.37. The Morgan fingerprint density at radius 2 is 1.70 bits per heavy atom. The Balaban J connectivity index is 1.76. The first-order valence-corrected chi connectivity index (χ1v) is 7.58. The monoisotopic (exact) mass is 276 g/mol. The van der Waals surface area contributed by atoms with Crippen LogP contribution in [0, 0.1) is 0 Å². The standard InChI is InChI=1S/C16H28N4/c1-14(17)11-18-12-15-3-5-16(6-4-15)13-20-9-7-19(2)8-10-20/h3-6,14,18H,7-13,17H2,1-2H3. The molecule has 112 valence electrons. The van der Waals surface area contributed by atoms with Gasteiger partial charge in [0, 0.05) is 51.9 Å². The van der Waals surface area contributed by atoms with Gasteiger partial charge in [0.25, 0.3) is 0 Å². The fourth-order valence-corrected chi connectivity index (χ4v) is 2.47. The van der Waals surface area contributed by atoms with E-state index in [0.29, 0.717) is 0 Å². The predicted octanol–water partition coefficient (Wildman–Crippen LogP) is 0.871. The second-order valence-electron chi connectivity index (χ2n) is 6.00. The first kappa shape index (κ1) is 15.4. The summed E-state index contributed by atoms with van der Waals surface area (Å²) in [6.07, 6.45) is 0. The van der Waals surface area contributed by atoms with Crippen molar-refractivity contribution in [3.63, 3.8) is 0 Å². The van der Waals surface area contributed by atoms with Crippen LogP contribution >= 0.6 is 0 Å². The molecule has 1 unspecified atom stereocenters. The summed E-state index contributed by atoms with van der Waals surface area (Å²) >= 11 is 0. The Hall–Kier alpha value is -0.940. The van der Waals surface area contributed by atoms with Gasteiger partial charge in [-0.1, -0.05) is 24.3 Å². The molecule has 1 aliphatic rings. The molecule has 3 N–H and O–H groups in total. The highest BCUT2D eigenvalue weighted by Gasteiger charge is 2.13. The number of hydrogen-bond acceptors (Lipinski definition) is 4. The molecule has 1 atom stereocenters. The molecule has 1 aromatic rings. The number of nitrogens with one attached hydrogen (secondary N) is 1. The van der Waals surface area contributed by atoms with Crippen LogP contribution in [0.15, 0.2) is 24.3 Å². The van der Waals surface area contributed by atoms with Crippen LogP contribution in [0.1, 0.15) is 18.1 Å². The van der Waals surface area contributed by atoms with Crippen molar-refractivity contribution in [3.8, 4) is 0 Å². The highest BCUT2D eigenvalue weighted by molar-refractivity contribution is 5.22. The lowest BCUT2D eigenvalue weighted by atomic mass is 10.1. The van der Waals surface area contributed by atoms with Crippen LogP contribution in [0.3, 0.4) is 0 Å². The van der Waals surface area contributed by atoms with Crippen molar-refractivity contribution in [2.24, 2.45) is 5.73 Å². The zero-order valence-corrected chi connectivity index (χ0v) is 12.8. The summed E-state index contributed by atoms with van der Waals surface area (Å²) in [6.45, 7) is 9.56. The molecule has 1 aromatic carbocycles. The Morgan fingerprint density at radius 3 is 2.30 bits per heavy atom. The molecule has 4 nitrogen and oxygen atoms in total. The van der Waals surface area contributed by atoms with Crippen molar-refractivity contribution in [1.82, 2.24) is 15.1 Å². The third-order valence-corrected chi connectivity index (χ3v) is 3.82. The van der Waals surface area contributed by atoms with E-state index in [-0.39, 0.29) is 6.04 Å². The predicted molar refractivity (Wildman–Crippen MR) is 84.6 cm³/mol. The van der Waals surface area contributed by atoms with E-state index in [1.807, 2.05) is 6.92 Å². The Morgan fingerprint density at radius 1 is 1.10 bits per heavy atom. The van der Waals surface area contributed by atoms with E-state index in [0.717, 1.165) is 19.6 Å². The molecule has 1 heterocycles. The smallest absolute Gasteiger partial charge is 0.0234 e. The molecule has 0 saturated carbocycles. The summed E-state index contributed by atoms with van der Waals surface area (Å²) < 4.78 is 0. The lowest BCUT2D eigenvalue weighted by molar-refractivity contribution is 0.148. The molecular weight excluding hydrogens is 248 g/mol. The van der Waals surface area contributed by atoms with Gasteiger partial charge in [0.2, 0.25) is 0 Å². The SMILES string of the molecule is CC(N)CNCc1ccc(CN2CCN(C)CC2)cc1. The number of likely N-dealkylation sites (N-methyl/N-ethyl adjacent to an activating group) is 1. The minimum atomic E-state index is 0.214. The topological polar surface area (TPSA) is 44.5 Å². The Bertz CT molecular complexity index is 380. The number of nitrogens with two attached hydrogens (primary N) is 1. The molecule has 0 radical (unpaired) electrons. The fraction of sp³-hybridized carbons (Fsp3) is 0.625. The van der Waals surface area contributed by atoms with Gasteiger partial charge in [-0.15, -0.1) is 0 Å². The molecule has 0 bridgehead atoms. The molecule has 0 aromatic heterocycles. The summed E-state index contributed by atoms with van der Waals surface area (Å²) in [5.74, 6) is 0. The van der Waals surface area contributed by atoms with Crippen LogP contribution in [-0.4, -0.2) is 55.6 Å². The minimum absolute atomic E-state index is 0.214. The lowest BCUT2D eigenvalue weighted by Gasteiger charge is -2.32. The number of hydrogen-bond donors (Lipinski definition) is 2. The molecule has 0 spiro atoms. The highest BCUT2D eigenvalue weighted by Crippen LogP contribution is 2.09. The van der Waals surface area contributed by atoms with Gasteiger partial charge in [-0.25, -0.2) is 0 Å². The maximum Gasteiger partial charge on any atom is 0.0234 e. The van der Waals surface area contributed by atoms with Crippen molar-refractivity contribution in [1.29, 1.82) is 0 Å². The van der Waals surface area contributed by atoms with Gasteiger partial charge in [-0.3, -0.25) is 4.90 Å². The summed E-state index contributed by atoms with van der Waals surface area (Å²) in [4.78, 5) is 4.92. The normalized spacial score (nSPS) is 19.1. The largest absolute Gasteiger partial charge is 0.327 e. The molecular formula is C16H28N4. The molecule has 20 heavy (non-hydrogen) atoms. The average Bonchev–Trinajstić information content (AvgIpc) is 2.43. The van der Waals surface area contributed by atoms with Crippen LogP contribution in [0.5, 0.6) is 0 Å². The van der Waals surface area contributed by atoms with Gasteiger partial charge in [0.1, 0.15) is 0 Å². The second kappa shape index (κ2) is 7.74. The van der Waals surface area contributed by atoms with E-state index in [1.165, 1.54) is 37.3 Å². The molecule has 1 fully saturated rings. The van der Waals surface area contributed by atoms with Crippen LogP contribution in [0.4, 0.5) is 0 Å². The zero-order valence-electron chi connectivity index (χ0n) is 12.8. The van der Waals surface area contributed by atoms with Gasteiger partial charge < -0.3 is 16.0 Å². The first-order chi connectivity index (χ1) is 9.63. The number of rotatable bonds is 6. The molecule has 4 heteroatoms. The molecule has 0 amide bonds. The van der Waals surface area contributed by atoms with Gasteiger partial charge in [0.05, 0.1) is 0 Å². The molecule has 2 rings (SSSR count). The lowest BCUT2D eigenvalue weighted by Crippen LogP contribution is -2.43. The Kier molecular flexibility index (Phi) is 5.98. The van der Waals surface area contributed by atoms with Gasteiger partial charge in [0.15, 0.2) is 0 Å². The van der Waals surface area contributed by atoms with E-state index in [4.69, 9.17) is 5.73 Å². The van der Waals surface area contributed by atoms with E-state index < -0.39 is 0 Å². The third-order valence-electron chi connectivity index (χ3n) is 3.82. The van der Waals surface area contributed by atoms with Crippen LogP contribution in [0.2, 0.25) is 0 Å². The van der Waals surface area contributed by atoms with E-state index in [9.17, 15) is 0 Å². The number of piperazine rings is 1. The average molecular weight is 276 g/mol. The zero-order chi connectivity index (χ0) is 14.4. The van der Waals surface area contributed by atoms with E-state index >= 15 is 0 Å². The summed E-state index contributed by atoms with van der Waals surface area (Å²) in [6, 6.07) is 9.16. The van der Waals surface area contributed by atoms with E-state index in [1.54, 1.807) is 0 Å². The second-order valence-corrected chi connectivity index (χ2v) is 6.00. The van der Waals surface area contributed by atoms with Gasteiger partial charge in [-0.05, 0) is 25.1 Å². The van der Waals surface area contributed by atoms with Crippen LogP contribution in [-0.2, 0) is 13.1 Å². The van der Waals surface area contributed by atoms with Crippen molar-refractivity contribution < 1.29 is 0 Å². The highest BCUT2D eigenvalue weighted by atomic mass is 15.2. The molecule has 0 aliphatic carbocycles. The minimum Gasteiger partial charge on any atom is -0.327 e. The quantitative estimate of drug-likeness (QED) is 0.809. The van der Waals surface area contributed by atoms with Gasteiger partial charge in [-0.2, -0.15) is 0 Å². The third kappa shape index (κ3) is 5.21. The molecule has 1 saturated heterocycles. The summed E-state index contributed by atoms with van der Waals surface area (Å²) in [5.41, 5.74) is 8.46. The Labute approximate surface area is 122 Å². The molecule has 1 aliphatic heterocycles. The van der Waals surface area contributed by atoms with Crippen LogP contribution < -0.4 is 11.1 Å². The maximum atomic E-state index is 5.72. The number of benzene rings is 1. The maximum absolute atomic E-state index is 5.72. The van der Waals surface area contributed by atoms with Crippen LogP contribution in [0.25, 0.3) is 0 Å². The van der Waals surface area contributed by atoms with Gasteiger partial charge >= 0.3 is 0 Å².